The normalized spacial score (nSPS) is 13.6. The Bertz CT molecular complexity index is 665. The fourth-order valence-electron chi connectivity index (χ4n) is 2.01. The van der Waals surface area contributed by atoms with Crippen LogP contribution in [0.2, 0.25) is 0 Å². The third-order valence-corrected chi connectivity index (χ3v) is 4.55. The predicted molar refractivity (Wildman–Crippen MR) is 88.4 cm³/mol. The fourth-order valence-corrected chi connectivity index (χ4v) is 3.46. The van der Waals surface area contributed by atoms with Crippen LogP contribution in [0.1, 0.15) is 38.1 Å². The van der Waals surface area contributed by atoms with E-state index in [2.05, 4.69) is 10.0 Å². The molecule has 1 aromatic rings. The summed E-state index contributed by atoms with van der Waals surface area (Å²) in [5, 5.41) is 12.3. The molecule has 0 bridgehead atoms. The van der Waals surface area contributed by atoms with Crippen LogP contribution < -0.4 is 10.0 Å². The molecule has 0 aromatic heterocycles. The average Bonchev–Trinajstić information content (AvgIpc) is 2.35. The Labute approximate surface area is 137 Å². The van der Waals surface area contributed by atoms with Crippen LogP contribution in [0.15, 0.2) is 23.1 Å². The van der Waals surface area contributed by atoms with E-state index in [9.17, 15) is 18.3 Å². The molecule has 1 aromatic carbocycles. The predicted octanol–water partition coefficient (Wildman–Crippen LogP) is 1.91. The van der Waals surface area contributed by atoms with Crippen molar-refractivity contribution >= 4 is 21.7 Å². The highest BCUT2D eigenvalue weighted by Gasteiger charge is 2.24. The van der Waals surface area contributed by atoms with Crippen LogP contribution in [-0.2, 0) is 14.8 Å². The zero-order valence-electron chi connectivity index (χ0n) is 14.0. The number of aromatic carboxylic acids is 1. The van der Waals surface area contributed by atoms with Crippen molar-refractivity contribution in [3.05, 3.63) is 23.8 Å². The number of methoxy groups -OCH3 is 1. The minimum atomic E-state index is -3.80. The molecule has 0 radical (unpaired) electrons. The Hall–Kier alpha value is -1.64. The quantitative estimate of drug-likeness (QED) is 0.698. The number of hydrogen-bond donors (Lipinski definition) is 3. The molecule has 0 aliphatic heterocycles. The van der Waals surface area contributed by atoms with Gasteiger partial charge in [0.15, 0.2) is 0 Å². The van der Waals surface area contributed by atoms with E-state index in [0.717, 1.165) is 6.07 Å². The molecule has 130 valence electrons. The van der Waals surface area contributed by atoms with Crippen LogP contribution in [0.3, 0.4) is 0 Å². The van der Waals surface area contributed by atoms with Gasteiger partial charge in [-0.05, 0) is 45.9 Å². The first kappa shape index (κ1) is 19.4. The van der Waals surface area contributed by atoms with Crippen LogP contribution in [0.5, 0.6) is 0 Å². The highest BCUT2D eigenvalue weighted by molar-refractivity contribution is 7.89. The third kappa shape index (κ3) is 5.81. The molecule has 1 rings (SSSR count). The Morgan fingerprint density at radius 1 is 1.35 bits per heavy atom. The largest absolute Gasteiger partial charge is 0.478 e. The minimum Gasteiger partial charge on any atom is -0.478 e. The van der Waals surface area contributed by atoms with Crippen LogP contribution in [0.4, 0.5) is 5.69 Å². The van der Waals surface area contributed by atoms with Crippen LogP contribution >= 0.6 is 0 Å². The number of carbonyl (C=O) groups is 1. The highest BCUT2D eigenvalue weighted by atomic mass is 32.2. The van der Waals surface area contributed by atoms with E-state index in [0.29, 0.717) is 12.3 Å². The van der Waals surface area contributed by atoms with Crippen molar-refractivity contribution in [1.29, 1.82) is 0 Å². The summed E-state index contributed by atoms with van der Waals surface area (Å²) in [7, 11) is -2.25. The zero-order chi connectivity index (χ0) is 17.8. The molecular formula is C15H24N2O5S. The number of carboxylic acids is 1. The fraction of sp³-hybridized carbons (Fsp3) is 0.533. The van der Waals surface area contributed by atoms with Gasteiger partial charge in [-0.2, -0.15) is 0 Å². The SMILES string of the molecule is COCC(C)Nc1ccc(S(=O)(=O)NC(C)(C)C)cc1C(=O)O. The Morgan fingerprint density at radius 2 is 1.96 bits per heavy atom. The second-order valence-electron chi connectivity index (χ2n) is 6.37. The molecule has 7 nitrogen and oxygen atoms in total. The van der Waals surface area contributed by atoms with Crippen molar-refractivity contribution in [2.75, 3.05) is 19.0 Å². The molecule has 0 heterocycles. The van der Waals surface area contributed by atoms with E-state index in [1.807, 2.05) is 6.92 Å². The topological polar surface area (TPSA) is 105 Å². The van der Waals surface area contributed by atoms with E-state index in [1.165, 1.54) is 12.1 Å². The summed E-state index contributed by atoms with van der Waals surface area (Å²) in [4.78, 5) is 11.4. The highest BCUT2D eigenvalue weighted by Crippen LogP contribution is 2.22. The molecule has 8 heteroatoms. The summed E-state index contributed by atoms with van der Waals surface area (Å²) in [5.41, 5.74) is -0.423. The third-order valence-electron chi connectivity index (χ3n) is 2.79. The summed E-state index contributed by atoms with van der Waals surface area (Å²) >= 11 is 0. The van der Waals surface area contributed by atoms with Gasteiger partial charge >= 0.3 is 5.97 Å². The van der Waals surface area contributed by atoms with Crippen LogP contribution in [0, 0.1) is 0 Å². The second-order valence-corrected chi connectivity index (χ2v) is 8.05. The van der Waals surface area contributed by atoms with Gasteiger partial charge in [0.2, 0.25) is 10.0 Å². The Kier molecular flexibility index (Phi) is 6.15. The monoisotopic (exact) mass is 344 g/mol. The summed E-state index contributed by atoms with van der Waals surface area (Å²) in [6, 6.07) is 3.86. The molecule has 0 fully saturated rings. The molecule has 0 amide bonds. The molecule has 23 heavy (non-hydrogen) atoms. The Morgan fingerprint density at radius 3 is 2.43 bits per heavy atom. The smallest absolute Gasteiger partial charge is 0.337 e. The maximum atomic E-state index is 12.3. The standard InChI is InChI=1S/C15H24N2O5S/c1-10(9-22-5)16-13-7-6-11(8-12(13)14(18)19)23(20,21)17-15(2,3)4/h6-8,10,16-17H,9H2,1-5H3,(H,18,19). The van der Waals surface area contributed by atoms with Gasteiger partial charge in [-0.25, -0.2) is 17.9 Å². The number of carboxylic acid groups (broad SMARTS) is 1. The molecular weight excluding hydrogens is 320 g/mol. The van der Waals surface area contributed by atoms with Gasteiger partial charge < -0.3 is 15.2 Å². The molecule has 0 spiro atoms. The summed E-state index contributed by atoms with van der Waals surface area (Å²) in [6.45, 7) is 7.37. The summed E-state index contributed by atoms with van der Waals surface area (Å²) in [6.07, 6.45) is 0. The molecule has 0 saturated carbocycles. The average molecular weight is 344 g/mol. The van der Waals surface area contributed by atoms with Gasteiger partial charge in [0.1, 0.15) is 0 Å². The second kappa shape index (κ2) is 7.29. The first-order valence-electron chi connectivity index (χ1n) is 7.13. The van der Waals surface area contributed by atoms with Crippen molar-refractivity contribution < 1.29 is 23.1 Å². The number of nitrogens with one attached hydrogen (secondary N) is 2. The maximum absolute atomic E-state index is 12.3. The van der Waals surface area contributed by atoms with Crippen molar-refractivity contribution in [1.82, 2.24) is 4.72 Å². The van der Waals surface area contributed by atoms with Crippen LogP contribution in [-0.4, -0.2) is 44.8 Å². The molecule has 3 N–H and O–H groups in total. The van der Waals surface area contributed by atoms with Gasteiger partial charge in [-0.3, -0.25) is 0 Å². The lowest BCUT2D eigenvalue weighted by atomic mass is 10.1. The van der Waals surface area contributed by atoms with Crippen molar-refractivity contribution in [2.45, 2.75) is 44.2 Å². The number of benzene rings is 1. The maximum Gasteiger partial charge on any atom is 0.337 e. The summed E-state index contributed by atoms with van der Waals surface area (Å²) in [5.74, 6) is -1.20. The molecule has 0 aliphatic carbocycles. The zero-order valence-corrected chi connectivity index (χ0v) is 14.8. The van der Waals surface area contributed by atoms with Gasteiger partial charge in [0.25, 0.3) is 0 Å². The van der Waals surface area contributed by atoms with Crippen molar-refractivity contribution in [2.24, 2.45) is 0 Å². The van der Waals surface area contributed by atoms with E-state index in [4.69, 9.17) is 4.74 Å². The number of ether oxygens (including phenoxy) is 1. The van der Waals surface area contributed by atoms with Crippen molar-refractivity contribution in [3.8, 4) is 0 Å². The molecule has 1 unspecified atom stereocenters. The van der Waals surface area contributed by atoms with Gasteiger partial charge in [-0.1, -0.05) is 0 Å². The number of anilines is 1. The summed E-state index contributed by atoms with van der Waals surface area (Å²) < 4.78 is 32.1. The minimum absolute atomic E-state index is 0.0882. The number of sulfonamides is 1. The Balaban J connectivity index is 3.21. The van der Waals surface area contributed by atoms with E-state index >= 15 is 0 Å². The van der Waals surface area contributed by atoms with Crippen LogP contribution in [0.25, 0.3) is 0 Å². The lowest BCUT2D eigenvalue weighted by Gasteiger charge is -2.21. The van der Waals surface area contributed by atoms with Gasteiger partial charge in [0.05, 0.1) is 17.1 Å². The first-order chi connectivity index (χ1) is 10.5. The first-order valence-corrected chi connectivity index (χ1v) is 8.61. The molecule has 0 aliphatic rings. The van der Waals surface area contributed by atoms with Gasteiger partial charge in [-0.15, -0.1) is 0 Å². The van der Waals surface area contributed by atoms with E-state index < -0.39 is 21.5 Å². The van der Waals surface area contributed by atoms with E-state index in [-0.39, 0.29) is 16.5 Å². The number of rotatable bonds is 7. The van der Waals surface area contributed by atoms with Crippen molar-refractivity contribution in [3.63, 3.8) is 0 Å². The number of hydrogen-bond acceptors (Lipinski definition) is 5. The van der Waals surface area contributed by atoms with Gasteiger partial charge in [0, 0.05) is 24.4 Å². The molecule has 0 saturated heterocycles. The molecule has 1 atom stereocenters. The lowest BCUT2D eigenvalue weighted by molar-refractivity contribution is 0.0697. The lowest BCUT2D eigenvalue weighted by Crippen LogP contribution is -2.40. The van der Waals surface area contributed by atoms with E-state index in [1.54, 1.807) is 27.9 Å².